The zero-order valence-corrected chi connectivity index (χ0v) is 8.11. The molecule has 0 saturated heterocycles. The van der Waals surface area contributed by atoms with Crippen LogP contribution in [-0.2, 0) is 5.60 Å². The summed E-state index contributed by atoms with van der Waals surface area (Å²) in [4.78, 5) is 2.14. The lowest BCUT2D eigenvalue weighted by atomic mass is 10.0. The van der Waals surface area contributed by atoms with Gasteiger partial charge in [-0.05, 0) is 26.0 Å². The molecule has 1 unspecified atom stereocenters. The Morgan fingerprint density at radius 3 is 2.75 bits per heavy atom. The van der Waals surface area contributed by atoms with Crippen molar-refractivity contribution in [2.45, 2.75) is 25.9 Å². The summed E-state index contributed by atoms with van der Waals surface area (Å²) in [5, 5.41) is 9.87. The summed E-state index contributed by atoms with van der Waals surface area (Å²) in [5.74, 6) is 2.47. The lowest BCUT2D eigenvalue weighted by Crippen LogP contribution is -2.18. The van der Waals surface area contributed by atoms with Gasteiger partial charge in [0.1, 0.15) is 5.60 Å². The van der Waals surface area contributed by atoms with Crippen LogP contribution in [0.4, 0.5) is 0 Å². The number of hydrogen-bond acceptors (Lipinski definition) is 2. The molecule has 2 heteroatoms. The standard InChI is InChI=1S/C10H12OS/c1-4-7-10(3,11)9-6-5-8(2)12-9/h1,5-6,11H,7H2,2-3H3. The fourth-order valence-corrected chi connectivity index (χ4v) is 1.92. The molecule has 1 atom stereocenters. The Hall–Kier alpha value is -0.780. The van der Waals surface area contributed by atoms with E-state index in [4.69, 9.17) is 6.42 Å². The maximum atomic E-state index is 9.87. The maximum Gasteiger partial charge on any atom is 0.107 e. The van der Waals surface area contributed by atoms with Crippen molar-refractivity contribution < 1.29 is 5.11 Å². The Morgan fingerprint density at radius 2 is 2.33 bits per heavy atom. The minimum absolute atomic E-state index is 0.368. The Balaban J connectivity index is 2.90. The van der Waals surface area contributed by atoms with E-state index >= 15 is 0 Å². The van der Waals surface area contributed by atoms with E-state index in [0.29, 0.717) is 6.42 Å². The molecule has 0 aliphatic carbocycles. The van der Waals surface area contributed by atoms with Gasteiger partial charge < -0.3 is 5.11 Å². The van der Waals surface area contributed by atoms with Crippen molar-refractivity contribution in [1.82, 2.24) is 0 Å². The number of hydrogen-bond donors (Lipinski definition) is 1. The van der Waals surface area contributed by atoms with E-state index in [1.54, 1.807) is 18.3 Å². The van der Waals surface area contributed by atoms with Gasteiger partial charge in [0, 0.05) is 16.2 Å². The first-order chi connectivity index (χ1) is 5.56. The lowest BCUT2D eigenvalue weighted by Gasteiger charge is -2.18. The van der Waals surface area contributed by atoms with Gasteiger partial charge in [-0.3, -0.25) is 0 Å². The highest BCUT2D eigenvalue weighted by atomic mass is 32.1. The molecule has 0 aromatic carbocycles. The summed E-state index contributed by atoms with van der Waals surface area (Å²) < 4.78 is 0. The summed E-state index contributed by atoms with van der Waals surface area (Å²) in [6, 6.07) is 3.92. The number of terminal acetylenes is 1. The van der Waals surface area contributed by atoms with Crippen molar-refractivity contribution in [2.75, 3.05) is 0 Å². The van der Waals surface area contributed by atoms with Crippen LogP contribution in [0.3, 0.4) is 0 Å². The van der Waals surface area contributed by atoms with Gasteiger partial charge in [-0.1, -0.05) is 0 Å². The van der Waals surface area contributed by atoms with Gasteiger partial charge in [-0.2, -0.15) is 0 Å². The zero-order chi connectivity index (χ0) is 9.19. The largest absolute Gasteiger partial charge is 0.384 e. The zero-order valence-electron chi connectivity index (χ0n) is 7.29. The predicted octanol–water partition coefficient (Wildman–Crippen LogP) is 2.29. The molecule has 0 bridgehead atoms. The van der Waals surface area contributed by atoms with Crippen LogP contribution >= 0.6 is 11.3 Å². The number of rotatable bonds is 2. The summed E-state index contributed by atoms with van der Waals surface area (Å²) in [6.07, 6.45) is 5.52. The van der Waals surface area contributed by atoms with Crippen LogP contribution in [0.5, 0.6) is 0 Å². The van der Waals surface area contributed by atoms with Crippen LogP contribution in [-0.4, -0.2) is 5.11 Å². The molecule has 0 amide bonds. The average Bonchev–Trinajstić information content (AvgIpc) is 2.36. The molecule has 1 heterocycles. The second-order valence-corrected chi connectivity index (χ2v) is 4.35. The first-order valence-corrected chi connectivity index (χ1v) is 4.60. The summed E-state index contributed by atoms with van der Waals surface area (Å²) >= 11 is 1.59. The van der Waals surface area contributed by atoms with Gasteiger partial charge in [-0.15, -0.1) is 23.7 Å². The Labute approximate surface area is 77.1 Å². The molecule has 0 fully saturated rings. The lowest BCUT2D eigenvalue weighted by molar-refractivity contribution is 0.0668. The molecule has 0 aliphatic rings. The van der Waals surface area contributed by atoms with E-state index in [0.717, 1.165) is 4.88 Å². The highest BCUT2D eigenvalue weighted by Gasteiger charge is 2.23. The minimum atomic E-state index is -0.853. The van der Waals surface area contributed by atoms with E-state index in [-0.39, 0.29) is 0 Å². The van der Waals surface area contributed by atoms with Crippen LogP contribution in [0, 0.1) is 19.3 Å². The monoisotopic (exact) mass is 180 g/mol. The van der Waals surface area contributed by atoms with Gasteiger partial charge in [0.05, 0.1) is 0 Å². The van der Waals surface area contributed by atoms with Crippen molar-refractivity contribution in [1.29, 1.82) is 0 Å². The van der Waals surface area contributed by atoms with E-state index in [9.17, 15) is 5.11 Å². The first kappa shape index (κ1) is 9.31. The summed E-state index contributed by atoms with van der Waals surface area (Å²) in [5.41, 5.74) is -0.853. The van der Waals surface area contributed by atoms with Crippen molar-refractivity contribution in [3.63, 3.8) is 0 Å². The Kier molecular flexibility index (Phi) is 2.56. The average molecular weight is 180 g/mol. The van der Waals surface area contributed by atoms with E-state index in [1.165, 1.54) is 4.88 Å². The molecule has 1 aromatic heterocycles. The molecule has 1 nitrogen and oxygen atoms in total. The SMILES string of the molecule is C#CCC(C)(O)c1ccc(C)s1. The summed E-state index contributed by atoms with van der Waals surface area (Å²) in [7, 11) is 0. The Morgan fingerprint density at radius 1 is 1.67 bits per heavy atom. The van der Waals surface area contributed by atoms with E-state index in [1.807, 2.05) is 19.1 Å². The van der Waals surface area contributed by atoms with Crippen LogP contribution < -0.4 is 0 Å². The third-order valence-electron chi connectivity index (χ3n) is 1.72. The molecular weight excluding hydrogens is 168 g/mol. The molecule has 0 aliphatic heterocycles. The van der Waals surface area contributed by atoms with Crippen molar-refractivity contribution >= 4 is 11.3 Å². The quantitative estimate of drug-likeness (QED) is 0.692. The first-order valence-electron chi connectivity index (χ1n) is 3.79. The predicted molar refractivity (Wildman–Crippen MR) is 52.1 cm³/mol. The number of thiophene rings is 1. The van der Waals surface area contributed by atoms with Crippen molar-refractivity contribution in [3.05, 3.63) is 21.9 Å². The topological polar surface area (TPSA) is 20.2 Å². The third-order valence-corrected chi connectivity index (χ3v) is 2.97. The molecule has 1 aromatic rings. The summed E-state index contributed by atoms with van der Waals surface area (Å²) in [6.45, 7) is 3.76. The maximum absolute atomic E-state index is 9.87. The molecule has 1 N–H and O–H groups in total. The molecule has 0 spiro atoms. The second-order valence-electron chi connectivity index (χ2n) is 3.07. The third kappa shape index (κ3) is 1.88. The van der Waals surface area contributed by atoms with Crippen molar-refractivity contribution in [2.24, 2.45) is 0 Å². The number of aryl methyl sites for hydroxylation is 1. The van der Waals surface area contributed by atoms with Crippen LogP contribution in [0.15, 0.2) is 12.1 Å². The van der Waals surface area contributed by atoms with Gasteiger partial charge in [0.15, 0.2) is 0 Å². The normalized spacial score (nSPS) is 15.2. The fraction of sp³-hybridized carbons (Fsp3) is 0.400. The molecule has 1 rings (SSSR count). The van der Waals surface area contributed by atoms with E-state index in [2.05, 4.69) is 5.92 Å². The number of aliphatic hydroxyl groups is 1. The fourth-order valence-electron chi connectivity index (χ4n) is 1.01. The molecule has 0 radical (unpaired) electrons. The molecular formula is C10H12OS. The van der Waals surface area contributed by atoms with Crippen LogP contribution in [0.2, 0.25) is 0 Å². The smallest absolute Gasteiger partial charge is 0.107 e. The molecule has 12 heavy (non-hydrogen) atoms. The van der Waals surface area contributed by atoms with Crippen molar-refractivity contribution in [3.8, 4) is 12.3 Å². The second kappa shape index (κ2) is 3.30. The van der Waals surface area contributed by atoms with Gasteiger partial charge in [0.25, 0.3) is 0 Å². The van der Waals surface area contributed by atoms with Gasteiger partial charge in [0.2, 0.25) is 0 Å². The minimum Gasteiger partial charge on any atom is -0.384 e. The van der Waals surface area contributed by atoms with Crippen LogP contribution in [0.25, 0.3) is 0 Å². The van der Waals surface area contributed by atoms with Gasteiger partial charge in [-0.25, -0.2) is 0 Å². The highest BCUT2D eigenvalue weighted by Crippen LogP contribution is 2.29. The molecule has 64 valence electrons. The van der Waals surface area contributed by atoms with Crippen LogP contribution in [0.1, 0.15) is 23.1 Å². The van der Waals surface area contributed by atoms with Gasteiger partial charge >= 0.3 is 0 Å². The Bertz CT molecular complexity index is 304. The van der Waals surface area contributed by atoms with E-state index < -0.39 is 5.60 Å². The molecule has 0 saturated carbocycles. The highest BCUT2D eigenvalue weighted by molar-refractivity contribution is 7.12.